The summed E-state index contributed by atoms with van der Waals surface area (Å²) >= 11 is 0. The average Bonchev–Trinajstić information content (AvgIpc) is 3.88. The predicted molar refractivity (Wildman–Crippen MR) is 212 cm³/mol. The van der Waals surface area contributed by atoms with E-state index in [1.807, 2.05) is 74.5 Å². The standard InChI is InChI=1S/C44H50N6O7/c1-42(2,3)56-40(52)49-29-33(27-45-49)21-15-23-47-35(25-31-17-11-9-12-18-31)37-38(55-44(7,8)54-37)36(26-32-19-13-10-14-20-32)48(39(47)51)24-16-22-34-28-46-50(30-34)41(53)57-43(4,5)6/h9-14,17-20,27-30,35-38H,23-26H2,1-8H3/t35-,36-,37+,38+/m1/s1. The van der Waals surface area contributed by atoms with Crippen molar-refractivity contribution < 1.29 is 33.3 Å². The van der Waals surface area contributed by atoms with Crippen LogP contribution >= 0.6 is 0 Å². The molecule has 57 heavy (non-hydrogen) atoms. The highest BCUT2D eigenvalue weighted by molar-refractivity contribution is 5.77. The number of urea groups is 1. The molecule has 0 radical (unpaired) electrons. The number of carbonyl (C=O) groups is 3. The number of nitrogens with zero attached hydrogens (tertiary/aromatic N) is 6. The van der Waals surface area contributed by atoms with Gasteiger partial charge in [0.25, 0.3) is 0 Å². The maximum Gasteiger partial charge on any atom is 0.435 e. The lowest BCUT2D eigenvalue weighted by Gasteiger charge is -2.35. The fourth-order valence-electron chi connectivity index (χ4n) is 6.79. The molecule has 298 valence electrons. The maximum absolute atomic E-state index is 15.1. The molecule has 2 aliphatic heterocycles. The molecule has 0 unspecified atom stereocenters. The molecule has 2 aliphatic rings. The molecule has 2 amide bonds. The van der Waals surface area contributed by atoms with E-state index >= 15 is 4.79 Å². The topological polar surface area (TPSA) is 130 Å². The lowest BCUT2D eigenvalue weighted by Crippen LogP contribution is -2.52. The van der Waals surface area contributed by atoms with Gasteiger partial charge >= 0.3 is 18.2 Å². The Labute approximate surface area is 334 Å². The molecule has 4 heterocycles. The molecular formula is C44H50N6O7. The van der Waals surface area contributed by atoms with Crippen LogP contribution in [0, 0.1) is 23.7 Å². The molecule has 2 fully saturated rings. The molecule has 2 saturated heterocycles. The highest BCUT2D eigenvalue weighted by Crippen LogP contribution is 2.39. The Morgan fingerprint density at radius 2 is 1.07 bits per heavy atom. The summed E-state index contributed by atoms with van der Waals surface area (Å²) in [6.07, 6.45) is 4.64. The van der Waals surface area contributed by atoms with Crippen LogP contribution in [0.3, 0.4) is 0 Å². The summed E-state index contributed by atoms with van der Waals surface area (Å²) in [7, 11) is 0. The van der Waals surface area contributed by atoms with Crippen LogP contribution in [0.2, 0.25) is 0 Å². The monoisotopic (exact) mass is 774 g/mol. The van der Waals surface area contributed by atoms with Gasteiger partial charge < -0.3 is 28.7 Å². The van der Waals surface area contributed by atoms with Gasteiger partial charge in [0.1, 0.15) is 23.4 Å². The van der Waals surface area contributed by atoms with Crippen molar-refractivity contribution in [3.05, 3.63) is 108 Å². The third kappa shape index (κ3) is 10.7. The highest BCUT2D eigenvalue weighted by atomic mass is 16.8. The maximum atomic E-state index is 15.1. The van der Waals surface area contributed by atoms with E-state index < -0.39 is 53.5 Å². The first-order valence-corrected chi connectivity index (χ1v) is 19.0. The van der Waals surface area contributed by atoms with Crippen molar-refractivity contribution in [2.24, 2.45) is 0 Å². The van der Waals surface area contributed by atoms with Gasteiger partial charge in [-0.05, 0) is 79.4 Å². The Balaban J connectivity index is 1.37. The lowest BCUT2D eigenvalue weighted by atomic mass is 9.91. The molecule has 0 aliphatic carbocycles. The Morgan fingerprint density at radius 3 is 1.44 bits per heavy atom. The van der Waals surface area contributed by atoms with Gasteiger partial charge in [0.2, 0.25) is 0 Å². The van der Waals surface area contributed by atoms with E-state index in [2.05, 4.69) is 33.9 Å². The van der Waals surface area contributed by atoms with E-state index in [4.69, 9.17) is 18.9 Å². The van der Waals surface area contributed by atoms with Gasteiger partial charge in [-0.3, -0.25) is 0 Å². The van der Waals surface area contributed by atoms with Crippen LogP contribution in [0.25, 0.3) is 0 Å². The molecule has 0 N–H and O–H groups in total. The van der Waals surface area contributed by atoms with E-state index in [9.17, 15) is 9.59 Å². The van der Waals surface area contributed by atoms with Gasteiger partial charge in [0.05, 0.1) is 61.1 Å². The molecule has 13 heteroatoms. The Hall–Kier alpha value is -5.89. The second kappa shape index (κ2) is 16.7. The van der Waals surface area contributed by atoms with Crippen molar-refractivity contribution in [1.82, 2.24) is 29.4 Å². The van der Waals surface area contributed by atoms with Crippen LogP contribution in [0.15, 0.2) is 85.5 Å². The Morgan fingerprint density at radius 1 is 0.684 bits per heavy atom. The summed E-state index contributed by atoms with van der Waals surface area (Å²) in [5, 5.41) is 8.28. The summed E-state index contributed by atoms with van der Waals surface area (Å²) in [6, 6.07) is 18.7. The largest absolute Gasteiger partial charge is 0.442 e. The molecule has 0 saturated carbocycles. The smallest absolute Gasteiger partial charge is 0.435 e. The number of rotatable bonds is 6. The predicted octanol–water partition coefficient (Wildman–Crippen LogP) is 6.53. The van der Waals surface area contributed by atoms with E-state index in [1.54, 1.807) is 51.3 Å². The van der Waals surface area contributed by atoms with Crippen LogP contribution in [0.5, 0.6) is 0 Å². The SMILES string of the molecule is CC(C)(C)OC(=O)n1cc(C#CCN2C(=O)N(CC#Cc3cnn(C(=O)OC(C)(C)C)c3)[C@H](Cc3ccccc3)[C@@H]3OC(C)(C)O[C@H]3[C@H]2Cc2ccccc2)cn1. The van der Waals surface area contributed by atoms with Crippen LogP contribution in [-0.4, -0.2) is 102 Å². The molecule has 6 rings (SSSR count). The van der Waals surface area contributed by atoms with Gasteiger partial charge in [-0.25, -0.2) is 14.4 Å². The fourth-order valence-corrected chi connectivity index (χ4v) is 6.79. The quantitative estimate of drug-likeness (QED) is 0.201. The van der Waals surface area contributed by atoms with E-state index in [1.165, 1.54) is 24.8 Å². The molecule has 0 bridgehead atoms. The number of hydrogen-bond acceptors (Lipinski definition) is 9. The van der Waals surface area contributed by atoms with Gasteiger partial charge in [0.15, 0.2) is 5.79 Å². The number of fused-ring (bicyclic) bond motifs is 1. The van der Waals surface area contributed by atoms with Crippen molar-refractivity contribution in [1.29, 1.82) is 0 Å². The summed E-state index contributed by atoms with van der Waals surface area (Å²) < 4.78 is 26.6. The van der Waals surface area contributed by atoms with Crippen LogP contribution in [0.1, 0.15) is 77.6 Å². The van der Waals surface area contributed by atoms with Gasteiger partial charge in [-0.15, -0.1) is 0 Å². The highest BCUT2D eigenvalue weighted by Gasteiger charge is 2.55. The molecule has 2 aromatic heterocycles. The molecule has 2 aromatic carbocycles. The Bertz CT molecular complexity index is 2030. The minimum absolute atomic E-state index is 0.0333. The van der Waals surface area contributed by atoms with Crippen molar-refractivity contribution in [3.63, 3.8) is 0 Å². The zero-order chi connectivity index (χ0) is 41.0. The number of aromatic nitrogens is 4. The molecule has 13 nitrogen and oxygen atoms in total. The summed E-state index contributed by atoms with van der Waals surface area (Å²) in [4.78, 5) is 43.8. The van der Waals surface area contributed by atoms with Crippen molar-refractivity contribution in [2.75, 3.05) is 13.1 Å². The second-order valence-corrected chi connectivity index (χ2v) is 16.5. The first-order valence-electron chi connectivity index (χ1n) is 19.0. The van der Waals surface area contributed by atoms with Crippen LogP contribution in [-0.2, 0) is 31.8 Å². The fraction of sp³-hybridized carbons (Fsp3) is 0.432. The van der Waals surface area contributed by atoms with E-state index in [0.29, 0.717) is 24.0 Å². The first kappa shape index (κ1) is 40.8. The zero-order valence-electron chi connectivity index (χ0n) is 33.8. The zero-order valence-corrected chi connectivity index (χ0v) is 33.8. The molecular weight excluding hydrogens is 725 g/mol. The first-order chi connectivity index (χ1) is 26.9. The summed E-state index contributed by atoms with van der Waals surface area (Å²) in [5.41, 5.74) is 1.63. The molecule has 4 aromatic rings. The third-order valence-electron chi connectivity index (χ3n) is 9.08. The van der Waals surface area contributed by atoms with E-state index in [0.717, 1.165) is 20.5 Å². The summed E-state index contributed by atoms with van der Waals surface area (Å²) in [5.74, 6) is 11.6. The van der Waals surface area contributed by atoms with Gasteiger partial charge in [-0.1, -0.05) is 84.3 Å². The van der Waals surface area contributed by atoms with Crippen molar-refractivity contribution in [3.8, 4) is 23.7 Å². The van der Waals surface area contributed by atoms with Gasteiger partial charge in [0, 0.05) is 0 Å². The number of hydrogen-bond donors (Lipinski definition) is 0. The van der Waals surface area contributed by atoms with Crippen LogP contribution < -0.4 is 0 Å². The number of ether oxygens (including phenoxy) is 4. The number of amides is 2. The van der Waals surface area contributed by atoms with E-state index in [-0.39, 0.29) is 19.1 Å². The minimum atomic E-state index is -0.944. The molecule has 4 atom stereocenters. The molecule has 0 spiro atoms. The third-order valence-corrected chi connectivity index (χ3v) is 9.08. The number of benzene rings is 2. The lowest BCUT2D eigenvalue weighted by molar-refractivity contribution is -0.156. The Kier molecular flexibility index (Phi) is 11.9. The second-order valence-electron chi connectivity index (χ2n) is 16.5. The van der Waals surface area contributed by atoms with Crippen molar-refractivity contribution in [2.45, 2.75) is 110 Å². The van der Waals surface area contributed by atoms with Crippen molar-refractivity contribution >= 4 is 18.2 Å². The van der Waals surface area contributed by atoms with Gasteiger partial charge in [-0.2, -0.15) is 19.6 Å². The van der Waals surface area contributed by atoms with Crippen LogP contribution in [0.4, 0.5) is 14.4 Å². The normalized spacial score (nSPS) is 20.4. The number of carbonyl (C=O) groups excluding carboxylic acids is 3. The average molecular weight is 775 g/mol. The minimum Gasteiger partial charge on any atom is -0.442 e. The summed E-state index contributed by atoms with van der Waals surface area (Å²) in [6.45, 7) is 14.5.